The zero-order valence-corrected chi connectivity index (χ0v) is 17.7. The highest BCUT2D eigenvalue weighted by Gasteiger charge is 2.33. The van der Waals surface area contributed by atoms with Gasteiger partial charge in [0.1, 0.15) is 5.82 Å². The SMILES string of the molecule is CCC1CC(N[C@@H](C)c2cc(F)c(O[C@H]3C[C@@H](C)CC(C)(C)C3)cc2F)=CN1. The fourth-order valence-electron chi connectivity index (χ4n) is 4.81. The van der Waals surface area contributed by atoms with E-state index >= 15 is 0 Å². The maximum absolute atomic E-state index is 14.8. The van der Waals surface area contributed by atoms with Gasteiger partial charge < -0.3 is 15.4 Å². The standard InChI is InChI=1S/C23H34F2N2O/c1-6-16-8-17(13-26-16)27-15(3)19-9-21(25)22(10-20(19)24)28-18-7-14(2)11-23(4,5)12-18/h9-10,13-16,18,26-27H,6-8,11-12H2,1-5H3/t14-,15+,16?,18+/m1/s1. The summed E-state index contributed by atoms with van der Waals surface area (Å²) in [6.07, 6.45) is 6.64. The van der Waals surface area contributed by atoms with E-state index in [1.807, 2.05) is 13.1 Å². The normalized spacial score (nSPS) is 27.7. The summed E-state index contributed by atoms with van der Waals surface area (Å²) in [5.74, 6) is -0.384. The van der Waals surface area contributed by atoms with Crippen molar-refractivity contribution in [2.45, 2.75) is 84.9 Å². The minimum Gasteiger partial charge on any atom is -0.487 e. The molecule has 3 rings (SSSR count). The van der Waals surface area contributed by atoms with E-state index in [-0.39, 0.29) is 23.3 Å². The van der Waals surface area contributed by atoms with Crippen molar-refractivity contribution < 1.29 is 13.5 Å². The summed E-state index contributed by atoms with van der Waals surface area (Å²) in [4.78, 5) is 0. The summed E-state index contributed by atoms with van der Waals surface area (Å²) in [7, 11) is 0. The van der Waals surface area contributed by atoms with Gasteiger partial charge in [0.25, 0.3) is 0 Å². The van der Waals surface area contributed by atoms with Gasteiger partial charge in [-0.05, 0) is 50.0 Å². The van der Waals surface area contributed by atoms with Crippen LogP contribution in [0.3, 0.4) is 0 Å². The van der Waals surface area contributed by atoms with Crippen LogP contribution in [0.4, 0.5) is 8.78 Å². The highest BCUT2D eigenvalue weighted by Crippen LogP contribution is 2.40. The summed E-state index contributed by atoms with van der Waals surface area (Å²) in [5.41, 5.74) is 1.51. The van der Waals surface area contributed by atoms with E-state index in [9.17, 15) is 8.78 Å². The molecular formula is C23H34F2N2O. The van der Waals surface area contributed by atoms with Crippen LogP contribution >= 0.6 is 0 Å². The largest absolute Gasteiger partial charge is 0.487 e. The van der Waals surface area contributed by atoms with Crippen LogP contribution in [-0.4, -0.2) is 12.1 Å². The summed E-state index contributed by atoms with van der Waals surface area (Å²) >= 11 is 0. The molecule has 0 saturated heterocycles. The molecule has 3 nitrogen and oxygen atoms in total. The fraction of sp³-hybridized carbons (Fsp3) is 0.652. The molecule has 2 aliphatic rings. The van der Waals surface area contributed by atoms with Crippen molar-refractivity contribution in [3.8, 4) is 5.75 Å². The summed E-state index contributed by atoms with van der Waals surface area (Å²) in [6.45, 7) is 10.6. The third-order valence-electron chi connectivity index (χ3n) is 6.01. The van der Waals surface area contributed by atoms with Gasteiger partial charge in [-0.15, -0.1) is 0 Å². The van der Waals surface area contributed by atoms with Gasteiger partial charge in [-0.2, -0.15) is 0 Å². The molecule has 0 amide bonds. The molecule has 1 aromatic carbocycles. The van der Waals surface area contributed by atoms with Crippen molar-refractivity contribution in [2.24, 2.45) is 11.3 Å². The van der Waals surface area contributed by atoms with Crippen LogP contribution < -0.4 is 15.4 Å². The van der Waals surface area contributed by atoms with Crippen LogP contribution in [-0.2, 0) is 0 Å². The van der Waals surface area contributed by atoms with E-state index in [0.29, 0.717) is 17.5 Å². The van der Waals surface area contributed by atoms with Crippen molar-refractivity contribution in [3.05, 3.63) is 41.2 Å². The van der Waals surface area contributed by atoms with E-state index in [0.717, 1.165) is 37.8 Å². The summed E-state index contributed by atoms with van der Waals surface area (Å²) in [6, 6.07) is 2.58. The molecule has 4 atom stereocenters. The van der Waals surface area contributed by atoms with Crippen LogP contribution in [0.1, 0.15) is 78.3 Å². The molecule has 1 fully saturated rings. The second-order valence-corrected chi connectivity index (χ2v) is 9.47. The van der Waals surface area contributed by atoms with Crippen molar-refractivity contribution in [2.75, 3.05) is 0 Å². The number of ether oxygens (including phenoxy) is 1. The molecule has 1 aliphatic carbocycles. The number of hydrogen-bond donors (Lipinski definition) is 2. The van der Waals surface area contributed by atoms with E-state index in [1.54, 1.807) is 0 Å². The molecule has 1 saturated carbocycles. The zero-order chi connectivity index (χ0) is 20.5. The Hall–Kier alpha value is -1.78. The lowest BCUT2D eigenvalue weighted by Crippen LogP contribution is -2.34. The van der Waals surface area contributed by atoms with Gasteiger partial charge in [0.05, 0.1) is 12.1 Å². The molecule has 5 heteroatoms. The van der Waals surface area contributed by atoms with Gasteiger partial charge in [-0.25, -0.2) is 8.78 Å². The van der Waals surface area contributed by atoms with E-state index < -0.39 is 11.6 Å². The predicted molar refractivity (Wildman–Crippen MR) is 109 cm³/mol. The molecule has 28 heavy (non-hydrogen) atoms. The summed E-state index contributed by atoms with van der Waals surface area (Å²) in [5, 5.41) is 6.59. The quantitative estimate of drug-likeness (QED) is 0.640. The van der Waals surface area contributed by atoms with Gasteiger partial charge in [0.2, 0.25) is 0 Å². The first-order chi connectivity index (χ1) is 13.2. The number of halogens is 2. The van der Waals surface area contributed by atoms with E-state index in [2.05, 4.69) is 38.3 Å². The monoisotopic (exact) mass is 392 g/mol. The summed E-state index contributed by atoms with van der Waals surface area (Å²) < 4.78 is 35.4. The van der Waals surface area contributed by atoms with Crippen molar-refractivity contribution in [1.29, 1.82) is 0 Å². The van der Waals surface area contributed by atoms with Gasteiger partial charge in [-0.3, -0.25) is 0 Å². The Morgan fingerprint density at radius 1 is 1.25 bits per heavy atom. The maximum Gasteiger partial charge on any atom is 0.165 e. The highest BCUT2D eigenvalue weighted by atomic mass is 19.1. The number of benzene rings is 1. The first-order valence-electron chi connectivity index (χ1n) is 10.5. The van der Waals surface area contributed by atoms with Gasteiger partial charge in [-0.1, -0.05) is 27.7 Å². The Morgan fingerprint density at radius 2 is 2.00 bits per heavy atom. The molecule has 0 aromatic heterocycles. The van der Waals surface area contributed by atoms with Crippen LogP contribution in [0, 0.1) is 23.0 Å². The third-order valence-corrected chi connectivity index (χ3v) is 6.01. The second-order valence-electron chi connectivity index (χ2n) is 9.47. The Morgan fingerprint density at radius 3 is 2.64 bits per heavy atom. The Balaban J connectivity index is 1.69. The maximum atomic E-state index is 14.8. The molecule has 1 aliphatic heterocycles. The molecule has 0 spiro atoms. The third kappa shape index (κ3) is 4.98. The molecule has 1 aromatic rings. The van der Waals surface area contributed by atoms with E-state index in [1.165, 1.54) is 12.1 Å². The van der Waals surface area contributed by atoms with Gasteiger partial charge in [0, 0.05) is 36.0 Å². The lowest BCUT2D eigenvalue weighted by Gasteiger charge is -2.38. The molecule has 0 radical (unpaired) electrons. The van der Waals surface area contributed by atoms with Crippen LogP contribution in [0.5, 0.6) is 5.75 Å². The Bertz CT molecular complexity index is 732. The average molecular weight is 393 g/mol. The number of rotatable bonds is 6. The lowest BCUT2D eigenvalue weighted by molar-refractivity contribution is 0.0533. The first-order valence-corrected chi connectivity index (χ1v) is 10.5. The second kappa shape index (κ2) is 8.30. The minimum absolute atomic E-state index is 0.0242. The Labute approximate surface area is 167 Å². The molecule has 0 bridgehead atoms. The van der Waals surface area contributed by atoms with Crippen molar-refractivity contribution >= 4 is 0 Å². The minimum atomic E-state index is -0.494. The molecular weight excluding hydrogens is 358 g/mol. The smallest absolute Gasteiger partial charge is 0.165 e. The van der Waals surface area contributed by atoms with Gasteiger partial charge >= 0.3 is 0 Å². The fourth-order valence-corrected chi connectivity index (χ4v) is 4.81. The lowest BCUT2D eigenvalue weighted by atomic mass is 9.71. The molecule has 1 heterocycles. The molecule has 2 N–H and O–H groups in total. The van der Waals surface area contributed by atoms with Crippen LogP contribution in [0.25, 0.3) is 0 Å². The number of nitrogens with one attached hydrogen (secondary N) is 2. The zero-order valence-electron chi connectivity index (χ0n) is 17.7. The average Bonchev–Trinajstić information content (AvgIpc) is 3.03. The first kappa shape index (κ1) is 20.9. The highest BCUT2D eigenvalue weighted by molar-refractivity contribution is 5.33. The van der Waals surface area contributed by atoms with Crippen LogP contribution in [0.15, 0.2) is 24.0 Å². The van der Waals surface area contributed by atoms with Crippen LogP contribution in [0.2, 0.25) is 0 Å². The molecule has 1 unspecified atom stereocenters. The number of hydrogen-bond acceptors (Lipinski definition) is 3. The Kier molecular flexibility index (Phi) is 6.21. The topological polar surface area (TPSA) is 33.3 Å². The predicted octanol–water partition coefficient (Wildman–Crippen LogP) is 5.82. The van der Waals surface area contributed by atoms with Crippen molar-refractivity contribution in [3.63, 3.8) is 0 Å². The molecule has 156 valence electrons. The van der Waals surface area contributed by atoms with E-state index in [4.69, 9.17) is 4.74 Å². The van der Waals surface area contributed by atoms with Crippen molar-refractivity contribution in [1.82, 2.24) is 10.6 Å². The van der Waals surface area contributed by atoms with Gasteiger partial charge in [0.15, 0.2) is 11.6 Å².